The van der Waals surface area contributed by atoms with E-state index in [2.05, 4.69) is 5.32 Å². The SMILES string of the molecule is O=C(NCc1ccc(C(=O)N2CCCC2)cc1)c1ccoc1. The van der Waals surface area contributed by atoms with Crippen LogP contribution in [0.5, 0.6) is 0 Å². The molecule has 1 fully saturated rings. The molecule has 1 saturated heterocycles. The molecule has 1 N–H and O–H groups in total. The van der Waals surface area contributed by atoms with Crippen LogP contribution in [0.4, 0.5) is 0 Å². The lowest BCUT2D eigenvalue weighted by molar-refractivity contribution is 0.0792. The molecule has 1 aliphatic rings. The minimum absolute atomic E-state index is 0.0893. The summed E-state index contributed by atoms with van der Waals surface area (Å²) >= 11 is 0. The van der Waals surface area contributed by atoms with Crippen molar-refractivity contribution in [1.29, 1.82) is 0 Å². The molecule has 2 aromatic rings. The van der Waals surface area contributed by atoms with E-state index in [1.807, 2.05) is 29.2 Å². The van der Waals surface area contributed by atoms with Gasteiger partial charge in [0.2, 0.25) is 0 Å². The van der Waals surface area contributed by atoms with Gasteiger partial charge in [0.25, 0.3) is 11.8 Å². The van der Waals surface area contributed by atoms with Crippen LogP contribution in [0.1, 0.15) is 39.1 Å². The van der Waals surface area contributed by atoms with Gasteiger partial charge < -0.3 is 14.6 Å². The van der Waals surface area contributed by atoms with Gasteiger partial charge in [0, 0.05) is 25.2 Å². The van der Waals surface area contributed by atoms with E-state index >= 15 is 0 Å². The standard InChI is InChI=1S/C17H18N2O3/c20-16(15-7-10-22-12-15)18-11-13-3-5-14(6-4-13)17(21)19-8-1-2-9-19/h3-7,10,12H,1-2,8-9,11H2,(H,18,20). The van der Waals surface area contributed by atoms with E-state index in [0.29, 0.717) is 17.7 Å². The summed E-state index contributed by atoms with van der Waals surface area (Å²) in [6.07, 6.45) is 5.05. The minimum atomic E-state index is -0.175. The van der Waals surface area contributed by atoms with Crippen molar-refractivity contribution in [2.24, 2.45) is 0 Å². The molecule has 1 aromatic heterocycles. The molecule has 2 heterocycles. The number of carbonyl (C=O) groups is 2. The Hall–Kier alpha value is -2.56. The Morgan fingerprint density at radius 2 is 1.77 bits per heavy atom. The van der Waals surface area contributed by atoms with Gasteiger partial charge in [-0.05, 0) is 36.6 Å². The van der Waals surface area contributed by atoms with Gasteiger partial charge in [0.1, 0.15) is 6.26 Å². The molecule has 0 spiro atoms. The van der Waals surface area contributed by atoms with E-state index in [1.165, 1.54) is 12.5 Å². The topological polar surface area (TPSA) is 62.6 Å². The van der Waals surface area contributed by atoms with E-state index < -0.39 is 0 Å². The lowest BCUT2D eigenvalue weighted by atomic mass is 10.1. The van der Waals surface area contributed by atoms with Crippen LogP contribution >= 0.6 is 0 Å². The first-order valence-corrected chi connectivity index (χ1v) is 7.42. The Morgan fingerprint density at radius 1 is 1.05 bits per heavy atom. The van der Waals surface area contributed by atoms with Crippen molar-refractivity contribution in [3.05, 3.63) is 59.5 Å². The first kappa shape index (κ1) is 14.4. The van der Waals surface area contributed by atoms with Crippen molar-refractivity contribution in [2.45, 2.75) is 19.4 Å². The third kappa shape index (κ3) is 3.19. The van der Waals surface area contributed by atoms with Crippen LogP contribution < -0.4 is 5.32 Å². The summed E-state index contributed by atoms with van der Waals surface area (Å²) in [6.45, 7) is 2.12. The van der Waals surface area contributed by atoms with E-state index in [1.54, 1.807) is 6.07 Å². The lowest BCUT2D eigenvalue weighted by Crippen LogP contribution is -2.27. The largest absolute Gasteiger partial charge is 0.472 e. The molecule has 1 aromatic carbocycles. The fourth-order valence-corrected chi connectivity index (χ4v) is 2.55. The Balaban J connectivity index is 1.57. The zero-order valence-corrected chi connectivity index (χ0v) is 12.2. The van der Waals surface area contributed by atoms with E-state index in [-0.39, 0.29) is 11.8 Å². The van der Waals surface area contributed by atoms with Crippen molar-refractivity contribution in [3.8, 4) is 0 Å². The average molecular weight is 298 g/mol. The first-order valence-electron chi connectivity index (χ1n) is 7.42. The highest BCUT2D eigenvalue weighted by Crippen LogP contribution is 2.13. The van der Waals surface area contributed by atoms with Gasteiger partial charge in [-0.1, -0.05) is 12.1 Å². The zero-order valence-electron chi connectivity index (χ0n) is 12.2. The van der Waals surface area contributed by atoms with Crippen LogP contribution in [0.2, 0.25) is 0 Å². The smallest absolute Gasteiger partial charge is 0.254 e. The molecule has 3 rings (SSSR count). The molecule has 0 saturated carbocycles. The Kier molecular flexibility index (Phi) is 4.23. The number of carbonyl (C=O) groups excluding carboxylic acids is 2. The van der Waals surface area contributed by atoms with Crippen LogP contribution in [0.15, 0.2) is 47.3 Å². The zero-order chi connectivity index (χ0) is 15.4. The molecule has 1 aliphatic heterocycles. The summed E-state index contributed by atoms with van der Waals surface area (Å²) in [5.41, 5.74) is 2.16. The number of benzene rings is 1. The van der Waals surface area contributed by atoms with Crippen LogP contribution in [0, 0.1) is 0 Å². The molecule has 0 bridgehead atoms. The predicted molar refractivity (Wildman–Crippen MR) is 81.5 cm³/mol. The normalized spacial score (nSPS) is 14.1. The van der Waals surface area contributed by atoms with Gasteiger partial charge >= 0.3 is 0 Å². The van der Waals surface area contributed by atoms with E-state index in [4.69, 9.17) is 4.42 Å². The second-order valence-corrected chi connectivity index (χ2v) is 5.39. The van der Waals surface area contributed by atoms with Gasteiger partial charge in [0.05, 0.1) is 11.8 Å². The van der Waals surface area contributed by atoms with Crippen LogP contribution in [0.3, 0.4) is 0 Å². The predicted octanol–water partition coefficient (Wildman–Crippen LogP) is 2.45. The number of nitrogens with one attached hydrogen (secondary N) is 1. The monoisotopic (exact) mass is 298 g/mol. The number of nitrogens with zero attached hydrogens (tertiary/aromatic N) is 1. The summed E-state index contributed by atoms with van der Waals surface area (Å²) in [5, 5.41) is 2.81. The van der Waals surface area contributed by atoms with Gasteiger partial charge in [-0.15, -0.1) is 0 Å². The Morgan fingerprint density at radius 3 is 2.41 bits per heavy atom. The van der Waals surface area contributed by atoms with Gasteiger partial charge in [0.15, 0.2) is 0 Å². The van der Waals surface area contributed by atoms with E-state index in [9.17, 15) is 9.59 Å². The number of furan rings is 1. The van der Waals surface area contributed by atoms with Crippen LogP contribution in [-0.2, 0) is 6.54 Å². The lowest BCUT2D eigenvalue weighted by Gasteiger charge is -2.15. The van der Waals surface area contributed by atoms with Crippen molar-refractivity contribution < 1.29 is 14.0 Å². The van der Waals surface area contributed by atoms with Crippen molar-refractivity contribution in [1.82, 2.24) is 10.2 Å². The maximum Gasteiger partial charge on any atom is 0.254 e. The summed E-state index contributed by atoms with van der Waals surface area (Å²) in [4.78, 5) is 25.9. The van der Waals surface area contributed by atoms with Crippen LogP contribution in [-0.4, -0.2) is 29.8 Å². The van der Waals surface area contributed by atoms with Crippen molar-refractivity contribution in [2.75, 3.05) is 13.1 Å². The summed E-state index contributed by atoms with van der Waals surface area (Å²) in [6, 6.07) is 9.00. The van der Waals surface area contributed by atoms with Gasteiger partial charge in [-0.3, -0.25) is 9.59 Å². The van der Waals surface area contributed by atoms with Crippen molar-refractivity contribution in [3.63, 3.8) is 0 Å². The number of likely N-dealkylation sites (tertiary alicyclic amines) is 1. The fourth-order valence-electron chi connectivity index (χ4n) is 2.55. The minimum Gasteiger partial charge on any atom is -0.472 e. The second kappa shape index (κ2) is 6.47. The number of amides is 2. The summed E-state index contributed by atoms with van der Waals surface area (Å²) in [5.74, 6) is -0.0857. The highest BCUT2D eigenvalue weighted by atomic mass is 16.3. The summed E-state index contributed by atoms with van der Waals surface area (Å²) < 4.78 is 4.88. The molecule has 0 aliphatic carbocycles. The molecule has 2 amide bonds. The second-order valence-electron chi connectivity index (χ2n) is 5.39. The average Bonchev–Trinajstić information content (AvgIpc) is 3.25. The molecule has 5 nitrogen and oxygen atoms in total. The quantitative estimate of drug-likeness (QED) is 0.943. The van der Waals surface area contributed by atoms with Gasteiger partial charge in [-0.2, -0.15) is 0 Å². The van der Waals surface area contributed by atoms with Gasteiger partial charge in [-0.25, -0.2) is 0 Å². The maximum atomic E-state index is 12.2. The molecule has 0 atom stereocenters. The third-order valence-corrected chi connectivity index (χ3v) is 3.83. The number of hydrogen-bond donors (Lipinski definition) is 1. The fraction of sp³-hybridized carbons (Fsp3) is 0.294. The Bertz CT molecular complexity index is 641. The van der Waals surface area contributed by atoms with E-state index in [0.717, 1.165) is 31.5 Å². The number of hydrogen-bond acceptors (Lipinski definition) is 3. The molecular weight excluding hydrogens is 280 g/mol. The van der Waals surface area contributed by atoms with Crippen LogP contribution in [0.25, 0.3) is 0 Å². The molecule has 22 heavy (non-hydrogen) atoms. The molecule has 0 radical (unpaired) electrons. The Labute approximate surface area is 128 Å². The number of rotatable bonds is 4. The highest BCUT2D eigenvalue weighted by molar-refractivity contribution is 5.94. The molecule has 114 valence electrons. The summed E-state index contributed by atoms with van der Waals surface area (Å²) in [7, 11) is 0. The highest BCUT2D eigenvalue weighted by Gasteiger charge is 2.19. The maximum absolute atomic E-state index is 12.2. The molecule has 0 unspecified atom stereocenters. The van der Waals surface area contributed by atoms with Crippen molar-refractivity contribution >= 4 is 11.8 Å². The molecular formula is C17H18N2O3. The molecule has 5 heteroatoms. The first-order chi connectivity index (χ1) is 10.7. The third-order valence-electron chi connectivity index (χ3n) is 3.83.